The monoisotopic (exact) mass is 558 g/mol. The molecule has 0 atom stereocenters. The summed E-state index contributed by atoms with van der Waals surface area (Å²) in [5, 5.41) is 9.32. The van der Waals surface area contributed by atoms with Gasteiger partial charge in [-0.2, -0.15) is 18.4 Å². The van der Waals surface area contributed by atoms with Crippen LogP contribution in [0.4, 0.5) is 24.0 Å². The molecule has 0 fully saturated rings. The van der Waals surface area contributed by atoms with Gasteiger partial charge >= 0.3 is 6.18 Å². The molecular formula is C20H14BrF3N4O3S2. The molecule has 1 aromatic heterocycles. The average Bonchev–Trinajstić information content (AvgIpc) is 3.12. The Morgan fingerprint density at radius 2 is 1.79 bits per heavy atom. The van der Waals surface area contributed by atoms with Gasteiger partial charge in [-0.1, -0.05) is 23.5 Å². The van der Waals surface area contributed by atoms with E-state index in [1.807, 2.05) is 10.8 Å². The van der Waals surface area contributed by atoms with Crippen LogP contribution >= 0.6 is 27.3 Å². The van der Waals surface area contributed by atoms with Gasteiger partial charge in [0.25, 0.3) is 5.91 Å². The zero-order chi connectivity index (χ0) is 24.4. The van der Waals surface area contributed by atoms with Crippen molar-refractivity contribution in [3.05, 3.63) is 74.7 Å². The number of nitriles is 1. The quantitative estimate of drug-likeness (QED) is 0.465. The van der Waals surface area contributed by atoms with Crippen LogP contribution in [0.15, 0.2) is 52.3 Å². The summed E-state index contributed by atoms with van der Waals surface area (Å²) in [7, 11) is -3.82. The van der Waals surface area contributed by atoms with E-state index in [4.69, 9.17) is 5.26 Å². The van der Waals surface area contributed by atoms with Crippen molar-refractivity contribution in [3.8, 4) is 6.07 Å². The molecule has 1 amide bonds. The fraction of sp³-hybridized carbons (Fsp3) is 0.150. The van der Waals surface area contributed by atoms with E-state index < -0.39 is 27.7 Å². The summed E-state index contributed by atoms with van der Waals surface area (Å²) >= 11 is 4.25. The van der Waals surface area contributed by atoms with E-state index in [1.54, 1.807) is 29.2 Å². The summed E-state index contributed by atoms with van der Waals surface area (Å²) in [5.74, 6) is -0.929. The molecule has 7 nitrogen and oxygen atoms in total. The van der Waals surface area contributed by atoms with Crippen molar-refractivity contribution in [3.63, 3.8) is 0 Å². The van der Waals surface area contributed by atoms with Crippen LogP contribution in [0, 0.1) is 11.3 Å². The number of alkyl halides is 3. The van der Waals surface area contributed by atoms with E-state index in [0.29, 0.717) is 16.8 Å². The van der Waals surface area contributed by atoms with E-state index in [-0.39, 0.29) is 21.2 Å². The minimum Gasteiger partial charge on any atom is -0.313 e. The molecule has 0 aliphatic heterocycles. The molecule has 0 aliphatic rings. The summed E-state index contributed by atoms with van der Waals surface area (Å²) < 4.78 is 63.6. The number of nitrogens with zero attached hydrogens (tertiary/aromatic N) is 3. The molecule has 0 bridgehead atoms. The molecule has 13 heteroatoms. The van der Waals surface area contributed by atoms with E-state index in [9.17, 15) is 26.4 Å². The van der Waals surface area contributed by atoms with Crippen LogP contribution in [0.5, 0.6) is 0 Å². The van der Waals surface area contributed by atoms with Crippen LogP contribution in [0.3, 0.4) is 0 Å². The summed E-state index contributed by atoms with van der Waals surface area (Å²) in [6.45, 7) is 0.0944. The normalized spacial score (nSPS) is 11.6. The third-order valence-corrected chi connectivity index (χ3v) is 6.51. The Balaban J connectivity index is 2.00. The average molecular weight is 559 g/mol. The Morgan fingerprint density at radius 3 is 2.30 bits per heavy atom. The number of rotatable bonds is 6. The first-order valence-corrected chi connectivity index (χ1v) is 12.5. The van der Waals surface area contributed by atoms with Gasteiger partial charge in [0.1, 0.15) is 3.79 Å². The van der Waals surface area contributed by atoms with Gasteiger partial charge in [0.05, 0.1) is 30.0 Å². The second kappa shape index (κ2) is 9.50. The van der Waals surface area contributed by atoms with Gasteiger partial charge in [-0.05, 0) is 57.9 Å². The molecular weight excluding hydrogens is 545 g/mol. The van der Waals surface area contributed by atoms with E-state index >= 15 is 0 Å². The van der Waals surface area contributed by atoms with Crippen LogP contribution in [0.2, 0.25) is 0 Å². The number of hydrogen-bond acceptors (Lipinski definition) is 7. The standard InChI is InChI=1S/C20H14BrF3N4O3S2/c1-33(30,31)27-18(29)16-17(21)32-19(26-16)28(15-8-4-12(10-25)5-9-15)11-13-2-6-14(7-3-13)20(22,23)24/h2-9H,11H2,1H3,(H,27,29). The van der Waals surface area contributed by atoms with Gasteiger partial charge in [-0.3, -0.25) is 4.79 Å². The molecule has 3 aromatic rings. The molecule has 33 heavy (non-hydrogen) atoms. The number of aromatic nitrogens is 1. The second-order valence-corrected chi connectivity index (χ2v) is 10.8. The molecule has 3 rings (SSSR count). The summed E-state index contributed by atoms with van der Waals surface area (Å²) in [6.07, 6.45) is -3.63. The maximum atomic E-state index is 12.9. The third kappa shape index (κ3) is 6.31. The van der Waals surface area contributed by atoms with Crippen LogP contribution < -0.4 is 9.62 Å². The van der Waals surface area contributed by atoms with Crippen LogP contribution in [-0.4, -0.2) is 25.6 Å². The number of benzene rings is 2. The van der Waals surface area contributed by atoms with Gasteiger partial charge in [0, 0.05) is 5.69 Å². The lowest BCUT2D eigenvalue weighted by molar-refractivity contribution is -0.137. The number of halogens is 4. The molecule has 1 N–H and O–H groups in total. The number of nitrogens with one attached hydrogen (secondary N) is 1. The Hall–Kier alpha value is -2.95. The Labute approximate surface area is 199 Å². The smallest absolute Gasteiger partial charge is 0.313 e. The van der Waals surface area contributed by atoms with Crippen molar-refractivity contribution in [2.24, 2.45) is 0 Å². The van der Waals surface area contributed by atoms with Crippen molar-refractivity contribution >= 4 is 54.0 Å². The van der Waals surface area contributed by atoms with Crippen molar-refractivity contribution < 1.29 is 26.4 Å². The Morgan fingerprint density at radius 1 is 1.18 bits per heavy atom. The highest BCUT2D eigenvalue weighted by Crippen LogP contribution is 2.37. The molecule has 2 aromatic carbocycles. The lowest BCUT2D eigenvalue weighted by Crippen LogP contribution is -2.30. The van der Waals surface area contributed by atoms with Gasteiger partial charge in [-0.15, -0.1) is 0 Å². The van der Waals surface area contributed by atoms with Crippen LogP contribution in [0.25, 0.3) is 0 Å². The molecule has 0 saturated heterocycles. The Bertz CT molecular complexity index is 1320. The molecule has 1 heterocycles. The molecule has 172 valence electrons. The molecule has 0 radical (unpaired) electrons. The fourth-order valence-electron chi connectivity index (χ4n) is 2.73. The minimum absolute atomic E-state index is 0.0944. The van der Waals surface area contributed by atoms with Crippen molar-refractivity contribution in [2.75, 3.05) is 11.2 Å². The highest BCUT2D eigenvalue weighted by Gasteiger charge is 2.30. The third-order valence-electron chi connectivity index (χ3n) is 4.23. The van der Waals surface area contributed by atoms with Crippen molar-refractivity contribution in [1.29, 1.82) is 5.26 Å². The van der Waals surface area contributed by atoms with E-state index in [0.717, 1.165) is 29.7 Å². The van der Waals surface area contributed by atoms with Gasteiger partial charge < -0.3 is 4.90 Å². The lowest BCUT2D eigenvalue weighted by atomic mass is 10.1. The number of anilines is 2. The molecule has 0 spiro atoms. The predicted molar refractivity (Wildman–Crippen MR) is 121 cm³/mol. The molecule has 0 saturated carbocycles. The zero-order valence-electron chi connectivity index (χ0n) is 16.7. The summed E-state index contributed by atoms with van der Waals surface area (Å²) in [6, 6.07) is 13.0. The highest BCUT2D eigenvalue weighted by atomic mass is 79.9. The SMILES string of the molecule is CS(=O)(=O)NC(=O)c1nc(N(Cc2ccc(C(F)(F)F)cc2)c2ccc(C#N)cc2)sc1Br. The van der Waals surface area contributed by atoms with Gasteiger partial charge in [-0.25, -0.2) is 18.1 Å². The Kier molecular flexibility index (Phi) is 7.11. The van der Waals surface area contributed by atoms with Gasteiger partial charge in [0.2, 0.25) is 10.0 Å². The number of sulfonamides is 1. The molecule has 0 aliphatic carbocycles. The first-order chi connectivity index (χ1) is 15.4. The maximum absolute atomic E-state index is 12.9. The zero-order valence-corrected chi connectivity index (χ0v) is 19.9. The number of amides is 1. The number of carbonyl (C=O) groups is 1. The number of hydrogen-bond donors (Lipinski definition) is 1. The summed E-state index contributed by atoms with van der Waals surface area (Å²) in [4.78, 5) is 18.2. The fourth-order valence-corrected chi connectivity index (χ4v) is 4.68. The number of thiazole rings is 1. The largest absolute Gasteiger partial charge is 0.416 e. The van der Waals surface area contributed by atoms with Crippen molar-refractivity contribution in [2.45, 2.75) is 12.7 Å². The molecule has 0 unspecified atom stereocenters. The van der Waals surface area contributed by atoms with Crippen LogP contribution in [0.1, 0.15) is 27.2 Å². The number of carbonyl (C=O) groups excluding carboxylic acids is 1. The predicted octanol–water partition coefficient (Wildman–Crippen LogP) is 4.82. The van der Waals surface area contributed by atoms with Gasteiger partial charge in [0.15, 0.2) is 10.8 Å². The summed E-state index contributed by atoms with van der Waals surface area (Å²) in [5.41, 5.74) is 0.548. The highest BCUT2D eigenvalue weighted by molar-refractivity contribution is 9.11. The maximum Gasteiger partial charge on any atom is 0.416 e. The first kappa shape index (κ1) is 24.7. The van der Waals surface area contributed by atoms with E-state index in [2.05, 4.69) is 20.9 Å². The van der Waals surface area contributed by atoms with Crippen molar-refractivity contribution in [1.82, 2.24) is 9.71 Å². The second-order valence-electron chi connectivity index (χ2n) is 6.76. The lowest BCUT2D eigenvalue weighted by Gasteiger charge is -2.22. The van der Waals surface area contributed by atoms with Crippen LogP contribution in [-0.2, 0) is 22.7 Å². The first-order valence-electron chi connectivity index (χ1n) is 8.99. The minimum atomic E-state index is -4.46. The topological polar surface area (TPSA) is 103 Å². The van der Waals surface area contributed by atoms with E-state index in [1.165, 1.54) is 12.1 Å².